The molecule has 4 rings (SSSR count). The number of pyridine rings is 2. The lowest BCUT2D eigenvalue weighted by atomic mass is 10.2. The van der Waals surface area contributed by atoms with Crippen LogP contribution in [0.4, 0.5) is 19.0 Å². The molecule has 1 fully saturated rings. The predicted octanol–water partition coefficient (Wildman–Crippen LogP) is 5.00. The average Bonchev–Trinajstić information content (AvgIpc) is 3.01. The minimum atomic E-state index is -4.37. The van der Waals surface area contributed by atoms with Crippen LogP contribution in [-0.4, -0.2) is 41.0 Å². The molecular weight excluding hydrogens is 405 g/mol. The SMILES string of the molecule is FC(F)(F)c1ccc(N2CCCN(Cc3ccccc3Oc3cccnc3)CC2)nc1. The Labute approximate surface area is 179 Å². The number of nitrogens with zero attached hydrogens (tertiary/aromatic N) is 4. The van der Waals surface area contributed by atoms with Crippen molar-refractivity contribution in [3.63, 3.8) is 0 Å². The van der Waals surface area contributed by atoms with Crippen LogP contribution in [-0.2, 0) is 12.7 Å². The molecule has 5 nitrogen and oxygen atoms in total. The maximum absolute atomic E-state index is 12.8. The lowest BCUT2D eigenvalue weighted by Crippen LogP contribution is -2.31. The highest BCUT2D eigenvalue weighted by molar-refractivity contribution is 5.40. The first-order valence-corrected chi connectivity index (χ1v) is 10.2. The van der Waals surface area contributed by atoms with E-state index in [1.54, 1.807) is 12.4 Å². The fourth-order valence-corrected chi connectivity index (χ4v) is 3.61. The Kier molecular flexibility index (Phi) is 6.36. The molecule has 1 aromatic carbocycles. The molecule has 0 amide bonds. The molecule has 0 bridgehead atoms. The summed E-state index contributed by atoms with van der Waals surface area (Å²) in [6, 6.07) is 14.2. The minimum absolute atomic E-state index is 0.579. The van der Waals surface area contributed by atoms with Gasteiger partial charge in [0, 0.05) is 50.7 Å². The van der Waals surface area contributed by atoms with Crippen LogP contribution >= 0.6 is 0 Å². The summed E-state index contributed by atoms with van der Waals surface area (Å²) < 4.78 is 44.4. The van der Waals surface area contributed by atoms with E-state index in [1.807, 2.05) is 41.3 Å². The van der Waals surface area contributed by atoms with E-state index >= 15 is 0 Å². The van der Waals surface area contributed by atoms with E-state index < -0.39 is 11.7 Å². The normalized spacial score (nSPS) is 15.5. The van der Waals surface area contributed by atoms with E-state index in [0.29, 0.717) is 18.1 Å². The smallest absolute Gasteiger partial charge is 0.417 e. The standard InChI is InChI=1S/C23H23F3N4O/c24-23(25,26)19-8-9-22(28-15-19)30-12-4-11-29(13-14-30)17-18-5-1-2-7-21(18)31-20-6-3-10-27-16-20/h1-3,5-10,15-16H,4,11-14,17H2. The Morgan fingerprint density at radius 2 is 1.77 bits per heavy atom. The number of halogens is 3. The van der Waals surface area contributed by atoms with Crippen LogP contribution in [0.2, 0.25) is 0 Å². The van der Waals surface area contributed by atoms with Crippen LogP contribution < -0.4 is 9.64 Å². The summed E-state index contributed by atoms with van der Waals surface area (Å²) in [4.78, 5) is 12.5. The van der Waals surface area contributed by atoms with Gasteiger partial charge in [0.2, 0.25) is 0 Å². The molecular formula is C23H23F3N4O. The molecule has 3 aromatic rings. The average molecular weight is 428 g/mol. The predicted molar refractivity (Wildman–Crippen MR) is 112 cm³/mol. The Hall–Kier alpha value is -3.13. The number of aromatic nitrogens is 2. The molecule has 0 atom stereocenters. The summed E-state index contributed by atoms with van der Waals surface area (Å²) in [6.07, 6.45) is 0.815. The lowest BCUT2D eigenvalue weighted by molar-refractivity contribution is -0.137. The van der Waals surface area contributed by atoms with Crippen molar-refractivity contribution in [2.45, 2.75) is 19.1 Å². The number of rotatable bonds is 5. The molecule has 1 aliphatic heterocycles. The Morgan fingerprint density at radius 1 is 0.903 bits per heavy atom. The Balaban J connectivity index is 1.40. The van der Waals surface area contributed by atoms with Gasteiger partial charge in [0.15, 0.2) is 0 Å². The number of hydrogen-bond donors (Lipinski definition) is 0. The Bertz CT molecular complexity index is 980. The van der Waals surface area contributed by atoms with Crippen molar-refractivity contribution < 1.29 is 17.9 Å². The second-order valence-electron chi connectivity index (χ2n) is 7.42. The first-order chi connectivity index (χ1) is 15.0. The van der Waals surface area contributed by atoms with Crippen molar-refractivity contribution in [1.82, 2.24) is 14.9 Å². The molecule has 0 aliphatic carbocycles. The van der Waals surface area contributed by atoms with E-state index in [2.05, 4.69) is 14.9 Å². The molecule has 2 aromatic heterocycles. The molecule has 31 heavy (non-hydrogen) atoms. The number of benzene rings is 1. The van der Waals surface area contributed by atoms with Crippen molar-refractivity contribution in [2.75, 3.05) is 31.1 Å². The zero-order valence-electron chi connectivity index (χ0n) is 16.9. The monoisotopic (exact) mass is 428 g/mol. The number of alkyl halides is 3. The maximum atomic E-state index is 12.8. The third kappa shape index (κ3) is 5.52. The molecule has 3 heterocycles. The van der Waals surface area contributed by atoms with E-state index in [0.717, 1.165) is 56.2 Å². The van der Waals surface area contributed by atoms with Crippen molar-refractivity contribution >= 4 is 5.82 Å². The quantitative estimate of drug-likeness (QED) is 0.572. The highest BCUT2D eigenvalue weighted by Gasteiger charge is 2.31. The van der Waals surface area contributed by atoms with Crippen LogP contribution in [0.25, 0.3) is 0 Å². The summed E-state index contributed by atoms with van der Waals surface area (Å²) >= 11 is 0. The van der Waals surface area contributed by atoms with Gasteiger partial charge in [0.25, 0.3) is 0 Å². The molecule has 0 saturated carbocycles. The molecule has 0 unspecified atom stereocenters. The van der Waals surface area contributed by atoms with Gasteiger partial charge >= 0.3 is 6.18 Å². The number of hydrogen-bond acceptors (Lipinski definition) is 5. The molecule has 0 N–H and O–H groups in total. The first-order valence-electron chi connectivity index (χ1n) is 10.2. The van der Waals surface area contributed by atoms with Gasteiger partial charge < -0.3 is 9.64 Å². The second kappa shape index (κ2) is 9.34. The number of ether oxygens (including phenoxy) is 1. The van der Waals surface area contributed by atoms with Crippen molar-refractivity contribution in [2.24, 2.45) is 0 Å². The van der Waals surface area contributed by atoms with E-state index in [-0.39, 0.29) is 0 Å². The fraction of sp³-hybridized carbons (Fsp3) is 0.304. The zero-order valence-corrected chi connectivity index (χ0v) is 16.9. The van der Waals surface area contributed by atoms with Crippen LogP contribution in [0.15, 0.2) is 67.1 Å². The highest BCUT2D eigenvalue weighted by Crippen LogP contribution is 2.30. The van der Waals surface area contributed by atoms with Gasteiger partial charge in [0.1, 0.15) is 17.3 Å². The van der Waals surface area contributed by atoms with Crippen LogP contribution in [0.1, 0.15) is 17.5 Å². The Morgan fingerprint density at radius 3 is 2.52 bits per heavy atom. The number of para-hydroxylation sites is 1. The molecule has 0 radical (unpaired) electrons. The van der Waals surface area contributed by atoms with Crippen LogP contribution in [0, 0.1) is 0 Å². The zero-order chi connectivity index (χ0) is 21.7. The topological polar surface area (TPSA) is 41.5 Å². The highest BCUT2D eigenvalue weighted by atomic mass is 19.4. The van der Waals surface area contributed by atoms with Gasteiger partial charge in [-0.3, -0.25) is 9.88 Å². The van der Waals surface area contributed by atoms with Crippen molar-refractivity contribution in [3.8, 4) is 11.5 Å². The van der Waals surface area contributed by atoms with Gasteiger partial charge in [-0.1, -0.05) is 18.2 Å². The summed E-state index contributed by atoms with van der Waals surface area (Å²) in [7, 11) is 0. The fourth-order valence-electron chi connectivity index (χ4n) is 3.61. The van der Waals surface area contributed by atoms with E-state index in [9.17, 15) is 13.2 Å². The first kappa shape index (κ1) is 21.1. The lowest BCUT2D eigenvalue weighted by Gasteiger charge is -2.23. The van der Waals surface area contributed by atoms with Gasteiger partial charge in [-0.15, -0.1) is 0 Å². The van der Waals surface area contributed by atoms with Gasteiger partial charge in [-0.25, -0.2) is 4.98 Å². The third-order valence-corrected chi connectivity index (χ3v) is 5.22. The maximum Gasteiger partial charge on any atom is 0.417 e. The third-order valence-electron chi connectivity index (χ3n) is 5.22. The molecule has 8 heteroatoms. The van der Waals surface area contributed by atoms with Crippen LogP contribution in [0.5, 0.6) is 11.5 Å². The van der Waals surface area contributed by atoms with Crippen LogP contribution in [0.3, 0.4) is 0 Å². The van der Waals surface area contributed by atoms with Gasteiger partial charge in [-0.05, 0) is 36.8 Å². The second-order valence-corrected chi connectivity index (χ2v) is 7.42. The van der Waals surface area contributed by atoms with Crippen molar-refractivity contribution in [3.05, 3.63) is 78.2 Å². The summed E-state index contributed by atoms with van der Waals surface area (Å²) in [6.45, 7) is 3.85. The summed E-state index contributed by atoms with van der Waals surface area (Å²) in [5.74, 6) is 2.06. The molecule has 1 aliphatic rings. The van der Waals surface area contributed by atoms with E-state index in [1.165, 1.54) is 6.07 Å². The van der Waals surface area contributed by atoms with E-state index in [4.69, 9.17) is 4.74 Å². The largest absolute Gasteiger partial charge is 0.455 e. The van der Waals surface area contributed by atoms with Crippen molar-refractivity contribution in [1.29, 1.82) is 0 Å². The number of anilines is 1. The summed E-state index contributed by atoms with van der Waals surface area (Å²) in [5.41, 5.74) is 0.352. The minimum Gasteiger partial charge on any atom is -0.455 e. The summed E-state index contributed by atoms with van der Waals surface area (Å²) in [5, 5.41) is 0. The molecule has 0 spiro atoms. The molecule has 162 valence electrons. The van der Waals surface area contributed by atoms with Gasteiger partial charge in [0.05, 0.1) is 11.8 Å². The van der Waals surface area contributed by atoms with Gasteiger partial charge in [-0.2, -0.15) is 13.2 Å². The molecule has 1 saturated heterocycles.